The summed E-state index contributed by atoms with van der Waals surface area (Å²) in [7, 11) is 2.02. The quantitative estimate of drug-likeness (QED) is 0.282. The van der Waals surface area contributed by atoms with Crippen LogP contribution in [0.5, 0.6) is 0 Å². The first-order valence-corrected chi connectivity index (χ1v) is 12.1. The predicted octanol–water partition coefficient (Wildman–Crippen LogP) is 1.34. The number of hydrogen-bond donors (Lipinski definition) is 4. The van der Waals surface area contributed by atoms with E-state index in [4.69, 9.17) is 15.9 Å². The number of nitrogens with zero attached hydrogens (tertiary/aromatic N) is 2. The fraction of sp³-hybridized carbons (Fsp3) is 0.346. The number of hydrogen-bond acceptors (Lipinski definition) is 9. The predicted molar refractivity (Wildman–Crippen MR) is 138 cm³/mol. The third kappa shape index (κ3) is 3.93. The SMILES string of the molecule is CN1CCN(C(=O)c2cc3c(NCCN)c4c(c(NCCN)c3o2)C(=O)c2ccccc2C4=O)CC1. The maximum atomic E-state index is 13.7. The number of furan rings is 1. The van der Waals surface area contributed by atoms with Gasteiger partial charge in [0, 0.05) is 68.9 Å². The topological polar surface area (TPSA) is 147 Å². The Labute approximate surface area is 208 Å². The summed E-state index contributed by atoms with van der Waals surface area (Å²) in [5.74, 6) is -0.639. The van der Waals surface area contributed by atoms with Crippen molar-refractivity contribution in [3.05, 3.63) is 58.3 Å². The Morgan fingerprint density at radius 2 is 1.47 bits per heavy atom. The molecule has 0 unspecified atom stereocenters. The molecule has 10 heteroatoms. The van der Waals surface area contributed by atoms with Gasteiger partial charge in [-0.3, -0.25) is 14.4 Å². The Bertz CT molecular complexity index is 1270. The van der Waals surface area contributed by atoms with Gasteiger partial charge >= 0.3 is 0 Å². The van der Waals surface area contributed by atoms with Gasteiger partial charge in [-0.2, -0.15) is 0 Å². The van der Waals surface area contributed by atoms with Crippen LogP contribution in [0.2, 0.25) is 0 Å². The molecule has 2 aromatic carbocycles. The minimum atomic E-state index is -0.291. The monoisotopic (exact) mass is 490 g/mol. The van der Waals surface area contributed by atoms with Gasteiger partial charge in [0.2, 0.25) is 0 Å². The van der Waals surface area contributed by atoms with Gasteiger partial charge < -0.3 is 36.3 Å². The lowest BCUT2D eigenvalue weighted by Gasteiger charge is -2.31. The number of carbonyl (C=O) groups excluding carboxylic acids is 3. The minimum Gasteiger partial charge on any atom is -0.449 e. The molecule has 6 N–H and O–H groups in total. The average molecular weight is 491 g/mol. The lowest BCUT2D eigenvalue weighted by Crippen LogP contribution is -2.47. The molecule has 5 rings (SSSR count). The van der Waals surface area contributed by atoms with E-state index < -0.39 is 0 Å². The second-order valence-electron chi connectivity index (χ2n) is 9.08. The summed E-state index contributed by atoms with van der Waals surface area (Å²) in [6, 6.07) is 8.42. The first-order chi connectivity index (χ1) is 17.5. The Balaban J connectivity index is 1.73. The number of fused-ring (bicyclic) bond motifs is 3. The summed E-state index contributed by atoms with van der Waals surface area (Å²) >= 11 is 0. The van der Waals surface area contributed by atoms with Gasteiger partial charge in [-0.25, -0.2) is 0 Å². The Kier molecular flexibility index (Phi) is 6.48. The molecular formula is C26H30N6O4. The molecule has 0 bridgehead atoms. The molecule has 36 heavy (non-hydrogen) atoms. The summed E-state index contributed by atoms with van der Waals surface area (Å²) in [5, 5.41) is 6.96. The molecule has 1 amide bonds. The second-order valence-corrected chi connectivity index (χ2v) is 9.08. The molecule has 1 aliphatic carbocycles. The van der Waals surface area contributed by atoms with E-state index in [-0.39, 0.29) is 34.4 Å². The van der Waals surface area contributed by atoms with Gasteiger partial charge in [0.15, 0.2) is 22.9 Å². The van der Waals surface area contributed by atoms with Gasteiger partial charge in [-0.15, -0.1) is 0 Å². The fourth-order valence-corrected chi connectivity index (χ4v) is 4.88. The highest BCUT2D eigenvalue weighted by molar-refractivity contribution is 6.35. The molecule has 0 spiro atoms. The van der Waals surface area contributed by atoms with Crippen LogP contribution in [-0.4, -0.2) is 86.7 Å². The molecule has 1 aliphatic heterocycles. The van der Waals surface area contributed by atoms with E-state index in [1.165, 1.54) is 0 Å². The number of ketones is 2. The smallest absolute Gasteiger partial charge is 0.289 e. The zero-order valence-corrected chi connectivity index (χ0v) is 20.2. The van der Waals surface area contributed by atoms with E-state index in [0.717, 1.165) is 13.1 Å². The molecule has 3 aromatic rings. The van der Waals surface area contributed by atoms with Crippen LogP contribution in [0.4, 0.5) is 11.4 Å². The number of rotatable bonds is 7. The van der Waals surface area contributed by atoms with Crippen LogP contribution in [0.3, 0.4) is 0 Å². The molecule has 188 valence electrons. The van der Waals surface area contributed by atoms with Crippen molar-refractivity contribution < 1.29 is 18.8 Å². The van der Waals surface area contributed by atoms with Crippen LogP contribution in [-0.2, 0) is 0 Å². The first kappa shape index (κ1) is 24.0. The van der Waals surface area contributed by atoms with Crippen molar-refractivity contribution in [1.82, 2.24) is 9.80 Å². The number of piperazine rings is 1. The molecule has 10 nitrogen and oxygen atoms in total. The molecule has 1 fully saturated rings. The number of benzene rings is 2. The van der Waals surface area contributed by atoms with Crippen molar-refractivity contribution in [3.8, 4) is 0 Å². The highest BCUT2D eigenvalue weighted by Crippen LogP contribution is 2.44. The summed E-state index contributed by atoms with van der Waals surface area (Å²) in [5.41, 5.74) is 13.8. The molecule has 1 aromatic heterocycles. The lowest BCUT2D eigenvalue weighted by molar-refractivity contribution is 0.0635. The third-order valence-corrected chi connectivity index (χ3v) is 6.74. The van der Waals surface area contributed by atoms with Crippen LogP contribution in [0.1, 0.15) is 42.4 Å². The van der Waals surface area contributed by atoms with Gasteiger partial charge in [0.1, 0.15) is 0 Å². The fourth-order valence-electron chi connectivity index (χ4n) is 4.88. The number of nitrogens with one attached hydrogen (secondary N) is 2. The van der Waals surface area contributed by atoms with Crippen molar-refractivity contribution in [2.45, 2.75) is 0 Å². The molecule has 1 saturated heterocycles. The molecule has 2 aliphatic rings. The van der Waals surface area contributed by atoms with Crippen molar-refractivity contribution >= 4 is 39.8 Å². The van der Waals surface area contributed by atoms with E-state index in [0.29, 0.717) is 72.7 Å². The van der Waals surface area contributed by atoms with Crippen LogP contribution >= 0.6 is 0 Å². The van der Waals surface area contributed by atoms with Crippen LogP contribution < -0.4 is 22.1 Å². The Morgan fingerprint density at radius 3 is 2.06 bits per heavy atom. The van der Waals surface area contributed by atoms with Gasteiger partial charge in [-0.1, -0.05) is 24.3 Å². The lowest BCUT2D eigenvalue weighted by atomic mass is 9.81. The number of likely N-dealkylation sites (N-methyl/N-ethyl adjacent to an activating group) is 1. The van der Waals surface area contributed by atoms with Crippen molar-refractivity contribution in [3.63, 3.8) is 0 Å². The Morgan fingerprint density at radius 1 is 0.917 bits per heavy atom. The van der Waals surface area contributed by atoms with Gasteiger partial charge in [0.25, 0.3) is 5.91 Å². The van der Waals surface area contributed by atoms with Crippen LogP contribution in [0.15, 0.2) is 34.7 Å². The molecule has 0 saturated carbocycles. The third-order valence-electron chi connectivity index (χ3n) is 6.74. The number of amides is 1. The average Bonchev–Trinajstić information content (AvgIpc) is 3.34. The summed E-state index contributed by atoms with van der Waals surface area (Å²) in [4.78, 5) is 44.7. The van der Waals surface area contributed by atoms with Crippen LogP contribution in [0.25, 0.3) is 11.0 Å². The zero-order valence-electron chi connectivity index (χ0n) is 20.2. The molecule has 0 atom stereocenters. The zero-order chi connectivity index (χ0) is 25.4. The number of anilines is 2. The molecular weight excluding hydrogens is 460 g/mol. The van der Waals surface area contributed by atoms with Gasteiger partial charge in [-0.05, 0) is 13.1 Å². The minimum absolute atomic E-state index is 0.154. The summed E-state index contributed by atoms with van der Waals surface area (Å²) in [6.07, 6.45) is 0. The normalized spacial score (nSPS) is 15.7. The largest absolute Gasteiger partial charge is 0.449 e. The molecule has 2 heterocycles. The summed E-state index contributed by atoms with van der Waals surface area (Å²) in [6.45, 7) is 4.05. The van der Waals surface area contributed by atoms with E-state index in [2.05, 4.69) is 15.5 Å². The second kappa shape index (κ2) is 9.73. The van der Waals surface area contributed by atoms with Crippen molar-refractivity contribution in [1.29, 1.82) is 0 Å². The summed E-state index contributed by atoms with van der Waals surface area (Å²) < 4.78 is 6.15. The molecule has 0 radical (unpaired) electrons. The number of carbonyl (C=O) groups is 3. The van der Waals surface area contributed by atoms with E-state index >= 15 is 0 Å². The van der Waals surface area contributed by atoms with Crippen molar-refractivity contribution in [2.24, 2.45) is 11.5 Å². The Hall–Kier alpha value is -3.73. The first-order valence-electron chi connectivity index (χ1n) is 12.1. The van der Waals surface area contributed by atoms with Gasteiger partial charge in [0.05, 0.1) is 22.5 Å². The maximum Gasteiger partial charge on any atom is 0.289 e. The van der Waals surface area contributed by atoms with E-state index in [1.807, 2.05) is 7.05 Å². The van der Waals surface area contributed by atoms with Crippen molar-refractivity contribution in [2.75, 3.05) is 70.0 Å². The highest BCUT2D eigenvalue weighted by Gasteiger charge is 2.37. The maximum absolute atomic E-state index is 13.7. The van der Waals surface area contributed by atoms with E-state index in [9.17, 15) is 14.4 Å². The standard InChI is InChI=1S/C26H30N6O4/c1-31-10-12-32(13-11-31)26(35)18-14-17-21(29-8-6-27)19-20(22(25(17)36-18)30-9-7-28)24(34)16-5-3-2-4-15(16)23(19)33/h2-5,14,29-30H,6-13,27-28H2,1H3. The highest BCUT2D eigenvalue weighted by atomic mass is 16.3. The number of nitrogens with two attached hydrogens (primary N) is 2. The van der Waals surface area contributed by atoms with Crippen LogP contribution in [0, 0.1) is 0 Å². The van der Waals surface area contributed by atoms with E-state index in [1.54, 1.807) is 35.2 Å².